The monoisotopic (exact) mass is 195 g/mol. The smallest absolute Gasteiger partial charge is 0.146 e. The zero-order valence-electron chi connectivity index (χ0n) is 9.49. The number of nitrogens with zero attached hydrogens (tertiary/aromatic N) is 1. The largest absolute Gasteiger partial charge is 0.298 e. The summed E-state index contributed by atoms with van der Waals surface area (Å²) in [6.45, 7) is 6.19. The van der Waals surface area contributed by atoms with Crippen LogP contribution in [0.4, 0.5) is 0 Å². The third-order valence-corrected chi connectivity index (χ3v) is 3.95. The van der Waals surface area contributed by atoms with Gasteiger partial charge >= 0.3 is 0 Å². The van der Waals surface area contributed by atoms with Gasteiger partial charge in [-0.15, -0.1) is 0 Å². The van der Waals surface area contributed by atoms with Crippen molar-refractivity contribution in [3.63, 3.8) is 0 Å². The van der Waals surface area contributed by atoms with Crippen molar-refractivity contribution in [1.29, 1.82) is 0 Å². The van der Waals surface area contributed by atoms with Crippen LogP contribution in [0.25, 0.3) is 0 Å². The van der Waals surface area contributed by atoms with Crippen molar-refractivity contribution in [3.05, 3.63) is 0 Å². The molecule has 2 fully saturated rings. The Morgan fingerprint density at radius 1 is 1.36 bits per heavy atom. The number of carbonyl (C=O) groups excluding carboxylic acids is 1. The Kier molecular flexibility index (Phi) is 2.65. The number of hydrogen-bond donors (Lipinski definition) is 0. The molecule has 2 rings (SSSR count). The summed E-state index contributed by atoms with van der Waals surface area (Å²) in [5.41, 5.74) is 0. The highest BCUT2D eigenvalue weighted by molar-refractivity contribution is 5.82. The average Bonchev–Trinajstić information content (AvgIpc) is 2.58. The molecular weight excluding hydrogens is 174 g/mol. The van der Waals surface area contributed by atoms with E-state index in [9.17, 15) is 4.79 Å². The van der Waals surface area contributed by atoms with Gasteiger partial charge in [-0.25, -0.2) is 0 Å². The maximum Gasteiger partial charge on any atom is 0.146 e. The first kappa shape index (κ1) is 10.2. The molecule has 3 unspecified atom stereocenters. The number of ketones is 1. The molecule has 1 saturated carbocycles. The van der Waals surface area contributed by atoms with E-state index < -0.39 is 0 Å². The van der Waals surface area contributed by atoms with E-state index in [1.54, 1.807) is 6.92 Å². The van der Waals surface area contributed by atoms with Gasteiger partial charge in [0.05, 0.1) is 6.04 Å². The summed E-state index contributed by atoms with van der Waals surface area (Å²) in [4.78, 5) is 14.0. The number of Topliss-reactive ketones (excluding diaryl/α,β-unsaturated/α-hetero) is 1. The van der Waals surface area contributed by atoms with E-state index in [1.807, 2.05) is 0 Å². The van der Waals surface area contributed by atoms with Gasteiger partial charge in [0, 0.05) is 12.1 Å². The van der Waals surface area contributed by atoms with Crippen LogP contribution in [0.1, 0.15) is 46.5 Å². The van der Waals surface area contributed by atoms with Gasteiger partial charge in [0.1, 0.15) is 5.78 Å². The highest BCUT2D eigenvalue weighted by atomic mass is 16.1. The van der Waals surface area contributed by atoms with E-state index in [-0.39, 0.29) is 6.04 Å². The number of hydrogen-bond acceptors (Lipinski definition) is 2. The van der Waals surface area contributed by atoms with Crippen LogP contribution >= 0.6 is 0 Å². The second-order valence-corrected chi connectivity index (χ2v) is 5.16. The van der Waals surface area contributed by atoms with Crippen molar-refractivity contribution in [2.45, 2.75) is 64.6 Å². The van der Waals surface area contributed by atoms with Gasteiger partial charge in [-0.3, -0.25) is 9.69 Å². The van der Waals surface area contributed by atoms with Crippen LogP contribution < -0.4 is 0 Å². The molecular formula is C12H21NO. The van der Waals surface area contributed by atoms with Gasteiger partial charge in [-0.2, -0.15) is 0 Å². The molecule has 1 aliphatic heterocycles. The summed E-state index contributed by atoms with van der Waals surface area (Å²) in [6, 6.07) is 1.46. The molecule has 0 amide bonds. The molecule has 0 aromatic carbocycles. The Hall–Kier alpha value is -0.370. The lowest BCUT2D eigenvalue weighted by Crippen LogP contribution is -2.44. The summed E-state index contributed by atoms with van der Waals surface area (Å²) in [7, 11) is 0. The van der Waals surface area contributed by atoms with Crippen LogP contribution in [0.15, 0.2) is 0 Å². The third-order valence-electron chi connectivity index (χ3n) is 3.95. The summed E-state index contributed by atoms with van der Waals surface area (Å²) >= 11 is 0. The van der Waals surface area contributed by atoms with Gasteiger partial charge in [-0.1, -0.05) is 6.42 Å². The fourth-order valence-corrected chi connectivity index (χ4v) is 3.44. The van der Waals surface area contributed by atoms with E-state index in [0.29, 0.717) is 17.9 Å². The zero-order valence-corrected chi connectivity index (χ0v) is 9.49. The maximum atomic E-state index is 11.6. The molecule has 1 saturated heterocycles. The standard InChI is InChI=1S/C12H21NO/c1-8(2)13-11-6-4-5-10(11)7-12(13)9(3)14/h8,10-12H,4-7H2,1-3H3. The molecule has 80 valence electrons. The highest BCUT2D eigenvalue weighted by Gasteiger charge is 2.45. The Morgan fingerprint density at radius 3 is 2.64 bits per heavy atom. The molecule has 2 aliphatic rings. The SMILES string of the molecule is CC(=O)C1CC2CCCC2N1C(C)C. The Labute approximate surface area is 86.7 Å². The van der Waals surface area contributed by atoms with Gasteiger partial charge in [0.25, 0.3) is 0 Å². The quantitative estimate of drug-likeness (QED) is 0.673. The van der Waals surface area contributed by atoms with E-state index in [4.69, 9.17) is 0 Å². The first-order valence-corrected chi connectivity index (χ1v) is 5.89. The van der Waals surface area contributed by atoms with E-state index >= 15 is 0 Å². The summed E-state index contributed by atoms with van der Waals surface area (Å²) in [5.74, 6) is 1.18. The predicted octanol–water partition coefficient (Wildman–Crippen LogP) is 2.23. The zero-order chi connectivity index (χ0) is 10.3. The number of rotatable bonds is 2. The van der Waals surface area contributed by atoms with E-state index in [1.165, 1.54) is 19.3 Å². The fraction of sp³-hybridized carbons (Fsp3) is 0.917. The second kappa shape index (κ2) is 3.65. The van der Waals surface area contributed by atoms with Crippen molar-refractivity contribution in [1.82, 2.24) is 4.90 Å². The normalized spacial score (nSPS) is 37.9. The molecule has 1 aliphatic carbocycles. The first-order valence-electron chi connectivity index (χ1n) is 5.89. The van der Waals surface area contributed by atoms with Crippen molar-refractivity contribution in [3.8, 4) is 0 Å². The summed E-state index contributed by atoms with van der Waals surface area (Å²) in [5, 5.41) is 0. The lowest BCUT2D eigenvalue weighted by molar-refractivity contribution is -0.122. The fourth-order valence-electron chi connectivity index (χ4n) is 3.44. The number of carbonyl (C=O) groups is 1. The first-order chi connectivity index (χ1) is 6.61. The van der Waals surface area contributed by atoms with E-state index in [2.05, 4.69) is 18.7 Å². The minimum absolute atomic E-state index is 0.227. The maximum absolute atomic E-state index is 11.6. The van der Waals surface area contributed by atoms with Gasteiger partial charge in [0.15, 0.2) is 0 Å². The van der Waals surface area contributed by atoms with Gasteiger partial charge in [-0.05, 0) is 46.0 Å². The second-order valence-electron chi connectivity index (χ2n) is 5.16. The summed E-state index contributed by atoms with van der Waals surface area (Å²) in [6.07, 6.45) is 5.14. The lowest BCUT2D eigenvalue weighted by Gasteiger charge is -2.32. The Morgan fingerprint density at radius 2 is 2.07 bits per heavy atom. The van der Waals surface area contributed by atoms with Crippen molar-refractivity contribution >= 4 is 5.78 Å². The van der Waals surface area contributed by atoms with Gasteiger partial charge < -0.3 is 0 Å². The molecule has 3 atom stereocenters. The van der Waals surface area contributed by atoms with Gasteiger partial charge in [0.2, 0.25) is 0 Å². The summed E-state index contributed by atoms with van der Waals surface area (Å²) < 4.78 is 0. The molecule has 14 heavy (non-hydrogen) atoms. The van der Waals surface area contributed by atoms with Crippen molar-refractivity contribution < 1.29 is 4.79 Å². The molecule has 2 nitrogen and oxygen atoms in total. The molecule has 2 heteroatoms. The van der Waals surface area contributed by atoms with Crippen molar-refractivity contribution in [2.24, 2.45) is 5.92 Å². The van der Waals surface area contributed by atoms with Crippen LogP contribution in [0, 0.1) is 5.92 Å². The number of likely N-dealkylation sites (tertiary alicyclic amines) is 1. The van der Waals surface area contributed by atoms with Crippen LogP contribution in [-0.2, 0) is 4.79 Å². The molecule has 1 heterocycles. The van der Waals surface area contributed by atoms with Crippen LogP contribution in [0.2, 0.25) is 0 Å². The third kappa shape index (κ3) is 1.50. The molecule has 0 radical (unpaired) electrons. The van der Waals surface area contributed by atoms with E-state index in [0.717, 1.165) is 12.3 Å². The highest BCUT2D eigenvalue weighted by Crippen LogP contribution is 2.42. The Bertz CT molecular complexity index is 236. The molecule has 0 bridgehead atoms. The topological polar surface area (TPSA) is 20.3 Å². The molecule has 0 N–H and O–H groups in total. The van der Waals surface area contributed by atoms with Crippen LogP contribution in [0.5, 0.6) is 0 Å². The minimum atomic E-state index is 0.227. The molecule has 0 aromatic rings. The lowest BCUT2D eigenvalue weighted by atomic mass is 10.0. The molecule has 0 spiro atoms. The van der Waals surface area contributed by atoms with Crippen LogP contribution in [0.3, 0.4) is 0 Å². The molecule has 0 aromatic heterocycles. The minimum Gasteiger partial charge on any atom is -0.298 e. The number of fused-ring (bicyclic) bond motifs is 1. The predicted molar refractivity (Wildman–Crippen MR) is 57.2 cm³/mol. The Balaban J connectivity index is 2.17. The average molecular weight is 195 g/mol. The van der Waals surface area contributed by atoms with Crippen molar-refractivity contribution in [2.75, 3.05) is 0 Å². The van der Waals surface area contributed by atoms with Crippen LogP contribution in [-0.4, -0.2) is 28.8 Å².